The first-order valence-corrected chi connectivity index (χ1v) is 4.93. The molecule has 0 aromatic heterocycles. The standard InChI is InChI=1S/C7H15NO2.C3H8O/c1-3-8(7-9)5-4-6-10-2;1-3-4-2/h7H,3-6H2,1-2H3;3H2,1-2H3. The van der Waals surface area contributed by atoms with Crippen LogP contribution in [0.1, 0.15) is 20.3 Å². The molecule has 0 saturated heterocycles. The van der Waals surface area contributed by atoms with Crippen molar-refractivity contribution < 1.29 is 14.3 Å². The highest BCUT2D eigenvalue weighted by molar-refractivity contribution is 5.46. The van der Waals surface area contributed by atoms with Gasteiger partial charge < -0.3 is 14.4 Å². The number of nitrogens with zero attached hydrogens (tertiary/aromatic N) is 1. The second kappa shape index (κ2) is 14.9. The fraction of sp³-hybridized carbons (Fsp3) is 0.900. The molecule has 0 radical (unpaired) electrons. The van der Waals surface area contributed by atoms with E-state index in [4.69, 9.17) is 4.74 Å². The number of hydrogen-bond donors (Lipinski definition) is 0. The average Bonchev–Trinajstić information content (AvgIpc) is 2.25. The summed E-state index contributed by atoms with van der Waals surface area (Å²) in [4.78, 5) is 11.9. The maximum absolute atomic E-state index is 10.2. The highest BCUT2D eigenvalue weighted by atomic mass is 16.5. The van der Waals surface area contributed by atoms with Crippen LogP contribution in [-0.2, 0) is 14.3 Å². The summed E-state index contributed by atoms with van der Waals surface area (Å²) in [7, 11) is 3.34. The fourth-order valence-electron chi connectivity index (χ4n) is 0.697. The van der Waals surface area contributed by atoms with Crippen molar-refractivity contribution in [3.8, 4) is 0 Å². The molecule has 0 rings (SSSR count). The molecule has 14 heavy (non-hydrogen) atoms. The number of amides is 1. The molecule has 4 nitrogen and oxygen atoms in total. The first-order valence-electron chi connectivity index (χ1n) is 4.93. The van der Waals surface area contributed by atoms with Gasteiger partial charge in [0, 0.05) is 40.5 Å². The quantitative estimate of drug-likeness (QED) is 0.462. The summed E-state index contributed by atoms with van der Waals surface area (Å²) in [6.45, 7) is 7.05. The Kier molecular flexibility index (Phi) is 16.9. The zero-order valence-corrected chi connectivity index (χ0v) is 9.78. The van der Waals surface area contributed by atoms with Crippen LogP contribution in [0.3, 0.4) is 0 Å². The number of rotatable bonds is 7. The fourth-order valence-corrected chi connectivity index (χ4v) is 0.697. The molecular weight excluding hydrogens is 182 g/mol. The molecule has 0 unspecified atom stereocenters. The van der Waals surface area contributed by atoms with Crippen LogP contribution in [0.2, 0.25) is 0 Å². The zero-order chi connectivity index (χ0) is 11.2. The Bertz CT molecular complexity index is 108. The molecule has 0 fully saturated rings. The van der Waals surface area contributed by atoms with Gasteiger partial charge in [0.05, 0.1) is 0 Å². The van der Waals surface area contributed by atoms with Crippen molar-refractivity contribution in [2.45, 2.75) is 20.3 Å². The van der Waals surface area contributed by atoms with Gasteiger partial charge >= 0.3 is 0 Å². The van der Waals surface area contributed by atoms with E-state index in [1.807, 2.05) is 13.8 Å². The number of hydrogen-bond acceptors (Lipinski definition) is 3. The number of carbonyl (C=O) groups is 1. The summed E-state index contributed by atoms with van der Waals surface area (Å²) < 4.78 is 9.38. The molecule has 0 aromatic rings. The van der Waals surface area contributed by atoms with E-state index in [1.165, 1.54) is 0 Å². The predicted octanol–water partition coefficient (Wildman–Crippen LogP) is 1.15. The van der Waals surface area contributed by atoms with E-state index in [-0.39, 0.29) is 0 Å². The summed E-state index contributed by atoms with van der Waals surface area (Å²) in [5.74, 6) is 0. The third-order valence-corrected chi connectivity index (χ3v) is 1.64. The Hall–Kier alpha value is -0.610. The zero-order valence-electron chi connectivity index (χ0n) is 9.78. The topological polar surface area (TPSA) is 38.8 Å². The normalized spacial score (nSPS) is 8.86. The van der Waals surface area contributed by atoms with Crippen molar-refractivity contribution in [1.82, 2.24) is 4.90 Å². The van der Waals surface area contributed by atoms with E-state index in [1.54, 1.807) is 19.1 Å². The van der Waals surface area contributed by atoms with Crippen molar-refractivity contribution in [3.63, 3.8) is 0 Å². The summed E-state index contributed by atoms with van der Waals surface area (Å²) in [5.41, 5.74) is 0. The largest absolute Gasteiger partial charge is 0.385 e. The van der Waals surface area contributed by atoms with Crippen LogP contribution >= 0.6 is 0 Å². The molecule has 0 aromatic carbocycles. The van der Waals surface area contributed by atoms with Gasteiger partial charge in [0.1, 0.15) is 0 Å². The summed E-state index contributed by atoms with van der Waals surface area (Å²) in [6, 6.07) is 0. The van der Waals surface area contributed by atoms with Gasteiger partial charge in [-0.3, -0.25) is 4.79 Å². The number of ether oxygens (including phenoxy) is 2. The maximum atomic E-state index is 10.2. The van der Waals surface area contributed by atoms with Crippen molar-refractivity contribution in [2.75, 3.05) is 40.5 Å². The molecule has 86 valence electrons. The molecule has 0 atom stereocenters. The Balaban J connectivity index is 0. The Labute approximate surface area is 87.2 Å². The van der Waals surface area contributed by atoms with Gasteiger partial charge in [-0.15, -0.1) is 0 Å². The Morgan fingerprint density at radius 1 is 1.21 bits per heavy atom. The molecule has 0 aliphatic carbocycles. The lowest BCUT2D eigenvalue weighted by molar-refractivity contribution is -0.118. The van der Waals surface area contributed by atoms with Gasteiger partial charge in [-0.25, -0.2) is 0 Å². The predicted molar refractivity (Wildman–Crippen MR) is 57.4 cm³/mol. The molecule has 0 saturated carbocycles. The SMILES string of the molecule is CCN(C=O)CCCOC.CCOC. The second-order valence-electron chi connectivity index (χ2n) is 2.66. The Morgan fingerprint density at radius 2 is 1.79 bits per heavy atom. The minimum atomic E-state index is 0.727. The Morgan fingerprint density at radius 3 is 2.07 bits per heavy atom. The number of carbonyl (C=O) groups excluding carboxylic acids is 1. The first-order chi connectivity index (χ1) is 6.76. The van der Waals surface area contributed by atoms with Gasteiger partial charge in [-0.05, 0) is 20.3 Å². The third-order valence-electron chi connectivity index (χ3n) is 1.64. The van der Waals surface area contributed by atoms with Crippen LogP contribution in [0.25, 0.3) is 0 Å². The molecule has 0 spiro atoms. The molecular formula is C10H23NO3. The molecule has 0 N–H and O–H groups in total. The van der Waals surface area contributed by atoms with Crippen LogP contribution in [0.5, 0.6) is 0 Å². The van der Waals surface area contributed by atoms with Crippen LogP contribution in [-0.4, -0.2) is 51.8 Å². The minimum absolute atomic E-state index is 0.727. The summed E-state index contributed by atoms with van der Waals surface area (Å²) >= 11 is 0. The van der Waals surface area contributed by atoms with Gasteiger partial charge in [0.25, 0.3) is 0 Å². The lowest BCUT2D eigenvalue weighted by Gasteiger charge is -2.13. The molecule has 0 aliphatic heterocycles. The minimum Gasteiger partial charge on any atom is -0.385 e. The second-order valence-corrected chi connectivity index (χ2v) is 2.66. The smallest absolute Gasteiger partial charge is 0.209 e. The molecule has 0 heterocycles. The van der Waals surface area contributed by atoms with E-state index in [0.717, 1.165) is 39.1 Å². The van der Waals surface area contributed by atoms with E-state index < -0.39 is 0 Å². The summed E-state index contributed by atoms with van der Waals surface area (Å²) in [5, 5.41) is 0. The van der Waals surface area contributed by atoms with Gasteiger partial charge in [-0.2, -0.15) is 0 Å². The van der Waals surface area contributed by atoms with E-state index >= 15 is 0 Å². The molecule has 0 aliphatic rings. The number of methoxy groups -OCH3 is 2. The monoisotopic (exact) mass is 205 g/mol. The van der Waals surface area contributed by atoms with Gasteiger partial charge in [0.2, 0.25) is 6.41 Å². The van der Waals surface area contributed by atoms with Crippen molar-refractivity contribution in [1.29, 1.82) is 0 Å². The van der Waals surface area contributed by atoms with Crippen molar-refractivity contribution >= 4 is 6.41 Å². The highest BCUT2D eigenvalue weighted by Crippen LogP contribution is 1.86. The van der Waals surface area contributed by atoms with E-state index in [2.05, 4.69) is 4.74 Å². The lowest BCUT2D eigenvalue weighted by atomic mass is 10.4. The van der Waals surface area contributed by atoms with Gasteiger partial charge in [0.15, 0.2) is 0 Å². The van der Waals surface area contributed by atoms with Gasteiger partial charge in [-0.1, -0.05) is 0 Å². The van der Waals surface area contributed by atoms with E-state index in [9.17, 15) is 4.79 Å². The summed E-state index contributed by atoms with van der Waals surface area (Å²) in [6.07, 6.45) is 1.79. The highest BCUT2D eigenvalue weighted by Gasteiger charge is 1.95. The maximum Gasteiger partial charge on any atom is 0.209 e. The van der Waals surface area contributed by atoms with Crippen LogP contribution in [0.15, 0.2) is 0 Å². The van der Waals surface area contributed by atoms with Crippen LogP contribution in [0, 0.1) is 0 Å². The molecule has 0 bridgehead atoms. The van der Waals surface area contributed by atoms with Crippen LogP contribution < -0.4 is 0 Å². The molecule has 4 heteroatoms. The van der Waals surface area contributed by atoms with Crippen molar-refractivity contribution in [2.24, 2.45) is 0 Å². The van der Waals surface area contributed by atoms with Crippen molar-refractivity contribution in [3.05, 3.63) is 0 Å². The van der Waals surface area contributed by atoms with Crippen LogP contribution in [0.4, 0.5) is 0 Å². The average molecular weight is 205 g/mol. The third kappa shape index (κ3) is 13.9. The molecule has 1 amide bonds. The lowest BCUT2D eigenvalue weighted by Crippen LogP contribution is -2.23. The first kappa shape index (κ1) is 15.8. The van der Waals surface area contributed by atoms with E-state index in [0.29, 0.717) is 0 Å².